The quantitative estimate of drug-likeness (QED) is 0.500. The van der Waals surface area contributed by atoms with Gasteiger partial charge in [-0.05, 0) is 12.8 Å². The maximum atomic E-state index is 11.5. The van der Waals surface area contributed by atoms with Crippen molar-refractivity contribution in [2.24, 2.45) is 11.8 Å². The third kappa shape index (κ3) is 0.886. The molecule has 0 aromatic carbocycles. The van der Waals surface area contributed by atoms with E-state index in [9.17, 15) is 9.59 Å². The molecule has 1 aliphatic heterocycles. The van der Waals surface area contributed by atoms with Gasteiger partial charge in [0.25, 0.3) is 0 Å². The number of carbonyl (C=O) groups excluding carboxylic acids is 2. The van der Waals surface area contributed by atoms with Crippen molar-refractivity contribution in [2.75, 3.05) is 7.05 Å². The summed E-state index contributed by atoms with van der Waals surface area (Å²) in [7, 11) is 1.60. The Kier molecular flexibility index (Phi) is 1.67. The van der Waals surface area contributed by atoms with Gasteiger partial charge in [-0.1, -0.05) is 12.8 Å². The minimum Gasteiger partial charge on any atom is -0.285 e. The molecule has 1 saturated heterocycles. The lowest BCUT2D eigenvalue weighted by molar-refractivity contribution is -0.138. The Morgan fingerprint density at radius 1 is 1.08 bits per heavy atom. The van der Waals surface area contributed by atoms with Crippen molar-refractivity contribution in [1.29, 1.82) is 0 Å². The number of likely N-dealkylation sites (tertiary alicyclic amines) is 1. The molecule has 2 amide bonds. The van der Waals surface area contributed by atoms with Gasteiger partial charge in [0.2, 0.25) is 11.8 Å². The summed E-state index contributed by atoms with van der Waals surface area (Å²) in [4.78, 5) is 24.2. The topological polar surface area (TPSA) is 37.4 Å². The highest BCUT2D eigenvalue weighted by Crippen LogP contribution is 2.37. The zero-order chi connectivity index (χ0) is 8.72. The lowest BCUT2D eigenvalue weighted by Crippen LogP contribution is -2.25. The summed E-state index contributed by atoms with van der Waals surface area (Å²) in [6.07, 6.45) is 4.04. The lowest BCUT2D eigenvalue weighted by atomic mass is 9.81. The van der Waals surface area contributed by atoms with Crippen LogP contribution in [0.15, 0.2) is 0 Å². The number of hydrogen-bond acceptors (Lipinski definition) is 2. The highest BCUT2D eigenvalue weighted by molar-refractivity contribution is 6.04. The van der Waals surface area contributed by atoms with Crippen LogP contribution < -0.4 is 0 Å². The van der Waals surface area contributed by atoms with E-state index in [1.54, 1.807) is 7.05 Å². The molecule has 2 atom stereocenters. The Labute approximate surface area is 71.7 Å². The van der Waals surface area contributed by atoms with Crippen molar-refractivity contribution in [1.82, 2.24) is 4.90 Å². The molecule has 66 valence electrons. The molecule has 0 aromatic rings. The van der Waals surface area contributed by atoms with Crippen LogP contribution in [0.4, 0.5) is 0 Å². The van der Waals surface area contributed by atoms with Crippen LogP contribution in [0.2, 0.25) is 0 Å². The molecule has 0 spiro atoms. The smallest absolute Gasteiger partial charge is 0.232 e. The SMILES string of the molecule is CN1C(=O)C2CCCC[C@H]2C1=O. The molecule has 1 saturated carbocycles. The van der Waals surface area contributed by atoms with Crippen molar-refractivity contribution in [3.63, 3.8) is 0 Å². The van der Waals surface area contributed by atoms with Crippen LogP contribution >= 0.6 is 0 Å². The Bertz CT molecular complexity index is 213. The van der Waals surface area contributed by atoms with Crippen LogP contribution in [-0.4, -0.2) is 23.8 Å². The van der Waals surface area contributed by atoms with Crippen LogP contribution in [0.5, 0.6) is 0 Å². The van der Waals surface area contributed by atoms with E-state index in [0.29, 0.717) is 0 Å². The van der Waals surface area contributed by atoms with Crippen LogP contribution in [0.1, 0.15) is 25.7 Å². The molecule has 1 heterocycles. The van der Waals surface area contributed by atoms with Gasteiger partial charge >= 0.3 is 0 Å². The second kappa shape index (κ2) is 2.57. The van der Waals surface area contributed by atoms with E-state index in [4.69, 9.17) is 0 Å². The number of hydrogen-bond donors (Lipinski definition) is 0. The number of imide groups is 1. The summed E-state index contributed by atoms with van der Waals surface area (Å²) in [5, 5.41) is 0. The van der Waals surface area contributed by atoms with Gasteiger partial charge in [0.15, 0.2) is 0 Å². The highest BCUT2D eigenvalue weighted by Gasteiger charge is 2.46. The molecular formula is C9H13NO2. The maximum Gasteiger partial charge on any atom is 0.232 e. The number of carbonyl (C=O) groups is 2. The van der Waals surface area contributed by atoms with E-state index >= 15 is 0 Å². The number of fused-ring (bicyclic) bond motifs is 1. The summed E-state index contributed by atoms with van der Waals surface area (Å²) >= 11 is 0. The Morgan fingerprint density at radius 2 is 1.50 bits per heavy atom. The standard InChI is InChI=1S/C9H13NO2/c1-10-8(11)6-4-2-3-5-7(6)9(10)12/h6-7H,2-5H2,1H3/t6-,7?/m1/s1. The first-order chi connectivity index (χ1) is 5.72. The van der Waals surface area contributed by atoms with Gasteiger partial charge in [0, 0.05) is 7.05 Å². The van der Waals surface area contributed by atoms with E-state index in [2.05, 4.69) is 0 Å². The number of rotatable bonds is 0. The fourth-order valence-electron chi connectivity index (χ4n) is 2.33. The first-order valence-corrected chi connectivity index (χ1v) is 4.53. The van der Waals surface area contributed by atoms with E-state index in [1.165, 1.54) is 4.90 Å². The average molecular weight is 167 g/mol. The van der Waals surface area contributed by atoms with Gasteiger partial charge in [-0.15, -0.1) is 0 Å². The summed E-state index contributed by atoms with van der Waals surface area (Å²) in [6, 6.07) is 0. The Hall–Kier alpha value is -0.860. The van der Waals surface area contributed by atoms with Gasteiger partial charge in [0.05, 0.1) is 11.8 Å². The zero-order valence-electron chi connectivity index (χ0n) is 7.25. The summed E-state index contributed by atoms with van der Waals surface area (Å²) < 4.78 is 0. The van der Waals surface area contributed by atoms with Crippen molar-refractivity contribution < 1.29 is 9.59 Å². The van der Waals surface area contributed by atoms with Crippen molar-refractivity contribution in [3.05, 3.63) is 0 Å². The van der Waals surface area contributed by atoms with Crippen molar-refractivity contribution in [2.45, 2.75) is 25.7 Å². The second-order valence-corrected chi connectivity index (χ2v) is 3.73. The molecule has 1 unspecified atom stereocenters. The van der Waals surface area contributed by atoms with Gasteiger partial charge < -0.3 is 0 Å². The maximum absolute atomic E-state index is 11.5. The third-order valence-corrected chi connectivity index (χ3v) is 3.06. The average Bonchev–Trinajstić information content (AvgIpc) is 2.33. The molecule has 2 rings (SSSR count). The van der Waals surface area contributed by atoms with Crippen LogP contribution in [0.25, 0.3) is 0 Å². The molecule has 2 aliphatic rings. The minimum absolute atomic E-state index is 0.0243. The van der Waals surface area contributed by atoms with Gasteiger partial charge in [-0.25, -0.2) is 0 Å². The molecule has 3 heteroatoms. The molecule has 3 nitrogen and oxygen atoms in total. The fourth-order valence-corrected chi connectivity index (χ4v) is 2.33. The summed E-state index contributed by atoms with van der Waals surface area (Å²) in [5.41, 5.74) is 0. The van der Waals surface area contributed by atoms with E-state index < -0.39 is 0 Å². The van der Waals surface area contributed by atoms with Crippen LogP contribution in [-0.2, 0) is 9.59 Å². The largest absolute Gasteiger partial charge is 0.285 e. The molecule has 0 aromatic heterocycles. The Morgan fingerprint density at radius 3 is 1.92 bits per heavy atom. The zero-order valence-corrected chi connectivity index (χ0v) is 7.25. The third-order valence-electron chi connectivity index (χ3n) is 3.06. The van der Waals surface area contributed by atoms with Crippen LogP contribution in [0, 0.1) is 11.8 Å². The van der Waals surface area contributed by atoms with Crippen LogP contribution in [0.3, 0.4) is 0 Å². The molecular weight excluding hydrogens is 154 g/mol. The molecule has 12 heavy (non-hydrogen) atoms. The lowest BCUT2D eigenvalue weighted by Gasteiger charge is -2.19. The van der Waals surface area contributed by atoms with E-state index in [1.807, 2.05) is 0 Å². The predicted octanol–water partition coefficient (Wildman–Crippen LogP) is 0.791. The predicted molar refractivity (Wildman–Crippen MR) is 43.2 cm³/mol. The number of nitrogens with zero attached hydrogens (tertiary/aromatic N) is 1. The minimum atomic E-state index is 0.0243. The molecule has 0 radical (unpaired) electrons. The van der Waals surface area contributed by atoms with Crippen molar-refractivity contribution >= 4 is 11.8 Å². The number of amides is 2. The summed E-state index contributed by atoms with van der Waals surface area (Å²) in [5.74, 6) is 0.141. The second-order valence-electron chi connectivity index (χ2n) is 3.73. The Balaban J connectivity index is 2.25. The van der Waals surface area contributed by atoms with Crippen molar-refractivity contribution in [3.8, 4) is 0 Å². The monoisotopic (exact) mass is 167 g/mol. The van der Waals surface area contributed by atoms with E-state index in [0.717, 1.165) is 25.7 Å². The van der Waals surface area contributed by atoms with Gasteiger partial charge in [-0.3, -0.25) is 14.5 Å². The molecule has 0 bridgehead atoms. The van der Waals surface area contributed by atoms with Gasteiger partial charge in [0.1, 0.15) is 0 Å². The highest BCUT2D eigenvalue weighted by atomic mass is 16.2. The van der Waals surface area contributed by atoms with E-state index in [-0.39, 0.29) is 23.7 Å². The first-order valence-electron chi connectivity index (χ1n) is 4.53. The van der Waals surface area contributed by atoms with Gasteiger partial charge in [-0.2, -0.15) is 0 Å². The molecule has 0 N–H and O–H groups in total. The molecule has 1 aliphatic carbocycles. The first kappa shape index (κ1) is 7.77. The molecule has 2 fully saturated rings. The normalized spacial score (nSPS) is 35.6. The summed E-state index contributed by atoms with van der Waals surface area (Å²) in [6.45, 7) is 0. The fraction of sp³-hybridized carbons (Fsp3) is 0.778.